The van der Waals surface area contributed by atoms with E-state index in [4.69, 9.17) is 9.72 Å². The first kappa shape index (κ1) is 21.8. The van der Waals surface area contributed by atoms with E-state index in [0.29, 0.717) is 5.82 Å². The number of anilines is 2. The van der Waals surface area contributed by atoms with Crippen LogP contribution in [-0.4, -0.2) is 57.4 Å². The lowest BCUT2D eigenvalue weighted by molar-refractivity contribution is 0.158. The van der Waals surface area contributed by atoms with Crippen LogP contribution in [0.4, 0.5) is 11.5 Å². The van der Waals surface area contributed by atoms with Gasteiger partial charge >= 0.3 is 0 Å². The molecule has 8 heteroatoms. The van der Waals surface area contributed by atoms with E-state index in [9.17, 15) is 0 Å². The van der Waals surface area contributed by atoms with Crippen LogP contribution in [0.2, 0.25) is 0 Å². The summed E-state index contributed by atoms with van der Waals surface area (Å²) in [6, 6.07) is 18.5. The van der Waals surface area contributed by atoms with E-state index in [-0.39, 0.29) is 0 Å². The molecule has 0 unspecified atom stereocenters. The van der Waals surface area contributed by atoms with Crippen molar-refractivity contribution in [1.29, 1.82) is 0 Å². The van der Waals surface area contributed by atoms with Gasteiger partial charge in [-0.05, 0) is 48.3 Å². The van der Waals surface area contributed by atoms with Crippen LogP contribution in [0.1, 0.15) is 5.69 Å². The smallest absolute Gasteiger partial charge is 0.161 e. The molecule has 0 atom stereocenters. The topological polar surface area (TPSA) is 94.8 Å². The van der Waals surface area contributed by atoms with Gasteiger partial charge in [-0.1, -0.05) is 24.3 Å². The number of hydrogen-bond donors (Lipinski definition) is 3. The maximum Gasteiger partial charge on any atom is 0.161 e. The Morgan fingerprint density at radius 3 is 2.65 bits per heavy atom. The summed E-state index contributed by atoms with van der Waals surface area (Å²) < 4.78 is 5.17. The number of aromatic amines is 2. The summed E-state index contributed by atoms with van der Waals surface area (Å²) in [4.78, 5) is 15.0. The Bertz CT molecular complexity index is 1360. The van der Waals surface area contributed by atoms with Crippen LogP contribution < -0.4 is 5.32 Å². The molecule has 0 aliphatic carbocycles. The van der Waals surface area contributed by atoms with Gasteiger partial charge in [0.05, 0.1) is 12.8 Å². The van der Waals surface area contributed by atoms with Crippen molar-refractivity contribution in [3.8, 4) is 22.5 Å². The van der Waals surface area contributed by atoms with Gasteiger partial charge in [0, 0.05) is 60.6 Å². The highest BCUT2D eigenvalue weighted by atomic mass is 16.5. The summed E-state index contributed by atoms with van der Waals surface area (Å²) >= 11 is 0. The normalized spacial score (nSPS) is 11.4. The number of nitrogens with one attached hydrogen (secondary N) is 3. The van der Waals surface area contributed by atoms with Crippen molar-refractivity contribution in [1.82, 2.24) is 30.0 Å². The van der Waals surface area contributed by atoms with Gasteiger partial charge in [0.25, 0.3) is 0 Å². The van der Waals surface area contributed by atoms with Gasteiger partial charge < -0.3 is 15.0 Å². The SMILES string of the molecule is COCCN(C)Cc1cc2ccc(-c3nccc(Nc4ccc(-c5cn[nH]c5)cc4)n3)cc2[nH]1. The molecule has 2 aromatic carbocycles. The van der Waals surface area contributed by atoms with Gasteiger partial charge in [0.1, 0.15) is 5.82 Å². The average Bonchev–Trinajstić information content (AvgIpc) is 3.53. The number of rotatable bonds is 9. The second-order valence-corrected chi connectivity index (χ2v) is 8.28. The van der Waals surface area contributed by atoms with Gasteiger partial charge in [0.2, 0.25) is 0 Å². The summed E-state index contributed by atoms with van der Waals surface area (Å²) in [6.45, 7) is 2.44. The molecule has 34 heavy (non-hydrogen) atoms. The number of likely N-dealkylation sites (N-methyl/N-ethyl adjacent to an activating group) is 1. The fourth-order valence-corrected chi connectivity index (χ4v) is 3.90. The zero-order valence-electron chi connectivity index (χ0n) is 19.2. The number of fused-ring (bicyclic) bond motifs is 1. The number of nitrogens with zero attached hydrogens (tertiary/aromatic N) is 4. The predicted octanol–water partition coefficient (Wildman–Crippen LogP) is 4.84. The third-order valence-corrected chi connectivity index (χ3v) is 5.70. The highest BCUT2D eigenvalue weighted by Crippen LogP contribution is 2.25. The van der Waals surface area contributed by atoms with E-state index in [1.165, 1.54) is 11.1 Å². The van der Waals surface area contributed by atoms with E-state index in [1.807, 2.05) is 30.6 Å². The van der Waals surface area contributed by atoms with Crippen molar-refractivity contribution in [3.05, 3.63) is 78.9 Å². The first-order valence-electron chi connectivity index (χ1n) is 11.2. The number of hydrogen-bond acceptors (Lipinski definition) is 6. The molecule has 0 saturated carbocycles. The number of benzene rings is 2. The summed E-state index contributed by atoms with van der Waals surface area (Å²) in [5.41, 5.74) is 6.32. The standard InChI is InChI=1S/C26H27N7O/c1-33(11-12-34-2)17-23-13-19-3-4-20(14-24(19)30-23)26-27-10-9-25(32-26)31-22-7-5-18(6-8-22)21-15-28-29-16-21/h3-10,13-16,30H,11-12,17H2,1-2H3,(H,28,29)(H,27,31,32). The zero-order valence-corrected chi connectivity index (χ0v) is 19.2. The third kappa shape index (κ3) is 4.98. The van der Waals surface area contributed by atoms with Gasteiger partial charge in [0.15, 0.2) is 5.82 Å². The molecule has 0 radical (unpaired) electrons. The van der Waals surface area contributed by atoms with Crippen LogP contribution in [0.5, 0.6) is 0 Å². The first-order valence-corrected chi connectivity index (χ1v) is 11.2. The Kier molecular flexibility index (Phi) is 6.33. The monoisotopic (exact) mass is 453 g/mol. The van der Waals surface area contributed by atoms with E-state index in [1.54, 1.807) is 13.3 Å². The Morgan fingerprint density at radius 1 is 1.00 bits per heavy atom. The summed E-state index contributed by atoms with van der Waals surface area (Å²) in [5, 5.41) is 11.4. The van der Waals surface area contributed by atoms with Gasteiger partial charge in [-0.15, -0.1) is 0 Å². The number of H-pyrrole nitrogens is 2. The molecule has 172 valence electrons. The van der Waals surface area contributed by atoms with Crippen molar-refractivity contribution >= 4 is 22.4 Å². The number of aromatic nitrogens is 5. The minimum atomic E-state index is 0.676. The summed E-state index contributed by atoms with van der Waals surface area (Å²) in [6.07, 6.45) is 5.46. The number of methoxy groups -OCH3 is 1. The fourth-order valence-electron chi connectivity index (χ4n) is 3.90. The molecule has 3 heterocycles. The van der Waals surface area contributed by atoms with Crippen molar-refractivity contribution < 1.29 is 4.74 Å². The third-order valence-electron chi connectivity index (χ3n) is 5.70. The lowest BCUT2D eigenvalue weighted by Gasteiger charge is -2.14. The fraction of sp³-hybridized carbons (Fsp3) is 0.192. The zero-order chi connectivity index (χ0) is 23.3. The minimum Gasteiger partial charge on any atom is -0.383 e. The summed E-state index contributed by atoms with van der Waals surface area (Å²) in [5.74, 6) is 1.42. The average molecular weight is 454 g/mol. The van der Waals surface area contributed by atoms with Crippen molar-refractivity contribution in [2.75, 3.05) is 32.6 Å². The Hall–Kier alpha value is -4.01. The molecular weight excluding hydrogens is 426 g/mol. The van der Waals surface area contributed by atoms with E-state index in [2.05, 4.69) is 73.8 Å². The lowest BCUT2D eigenvalue weighted by atomic mass is 10.1. The second kappa shape index (κ2) is 9.86. The molecule has 5 rings (SSSR count). The van der Waals surface area contributed by atoms with Crippen LogP contribution in [-0.2, 0) is 11.3 Å². The lowest BCUT2D eigenvalue weighted by Crippen LogP contribution is -2.22. The molecule has 8 nitrogen and oxygen atoms in total. The first-order chi connectivity index (χ1) is 16.7. The molecular formula is C26H27N7O. The van der Waals surface area contributed by atoms with Crippen LogP contribution >= 0.6 is 0 Å². The van der Waals surface area contributed by atoms with Crippen LogP contribution in [0.25, 0.3) is 33.4 Å². The van der Waals surface area contributed by atoms with Crippen molar-refractivity contribution in [2.45, 2.75) is 6.54 Å². The molecule has 0 fully saturated rings. The van der Waals surface area contributed by atoms with Crippen LogP contribution in [0.15, 0.2) is 73.2 Å². The number of ether oxygens (including phenoxy) is 1. The van der Waals surface area contributed by atoms with Gasteiger partial charge in [-0.2, -0.15) is 5.10 Å². The second-order valence-electron chi connectivity index (χ2n) is 8.28. The molecule has 0 amide bonds. The quantitative estimate of drug-likeness (QED) is 0.296. The van der Waals surface area contributed by atoms with Gasteiger partial charge in [-0.25, -0.2) is 9.97 Å². The molecule has 0 saturated heterocycles. The van der Waals surface area contributed by atoms with Crippen LogP contribution in [0, 0.1) is 0 Å². The maximum atomic E-state index is 5.17. The van der Waals surface area contributed by atoms with E-state index < -0.39 is 0 Å². The van der Waals surface area contributed by atoms with E-state index in [0.717, 1.165) is 53.4 Å². The highest BCUT2D eigenvalue weighted by Gasteiger charge is 2.09. The highest BCUT2D eigenvalue weighted by molar-refractivity contribution is 5.84. The maximum absolute atomic E-state index is 5.17. The Balaban J connectivity index is 1.31. The van der Waals surface area contributed by atoms with Crippen LogP contribution in [0.3, 0.4) is 0 Å². The molecule has 0 bridgehead atoms. The van der Waals surface area contributed by atoms with Crippen molar-refractivity contribution in [3.63, 3.8) is 0 Å². The van der Waals surface area contributed by atoms with Crippen molar-refractivity contribution in [2.24, 2.45) is 0 Å². The summed E-state index contributed by atoms with van der Waals surface area (Å²) in [7, 11) is 3.82. The molecule has 0 aliphatic heterocycles. The molecule has 3 N–H and O–H groups in total. The molecule has 0 spiro atoms. The van der Waals surface area contributed by atoms with Gasteiger partial charge in [-0.3, -0.25) is 10.00 Å². The molecule has 5 aromatic rings. The Labute approximate surface area is 198 Å². The largest absolute Gasteiger partial charge is 0.383 e. The molecule has 0 aliphatic rings. The van der Waals surface area contributed by atoms with E-state index >= 15 is 0 Å². The molecule has 3 aromatic heterocycles. The minimum absolute atomic E-state index is 0.676. The predicted molar refractivity (Wildman–Crippen MR) is 135 cm³/mol. The Morgan fingerprint density at radius 2 is 1.85 bits per heavy atom.